The fraction of sp³-hybridized carbons (Fsp3) is 0.909. The Hall–Kier alpha value is -0.660. The number of carbonyl (C=O) groups excluding carboxylic acids is 1. The number of nitrogens with one attached hydrogen (secondary N) is 1. The predicted molar refractivity (Wildman–Crippen MR) is 70.4 cm³/mol. The van der Waals surface area contributed by atoms with Crippen LogP contribution in [0.1, 0.15) is 26.7 Å². The van der Waals surface area contributed by atoms with E-state index in [1.54, 1.807) is 4.90 Å². The molecule has 3 N–H and O–H groups in total. The maximum atomic E-state index is 12.0. The first kappa shape index (κ1) is 15.4. The van der Waals surface area contributed by atoms with Gasteiger partial charge >= 0.3 is 0 Å². The van der Waals surface area contributed by atoms with Gasteiger partial charge in [0.1, 0.15) is 0 Å². The van der Waals surface area contributed by atoms with Crippen molar-refractivity contribution in [1.82, 2.24) is 9.62 Å². The number of hydrogen-bond donors (Lipinski definition) is 2. The smallest absolute Gasteiger partial charge is 0.239 e. The molecule has 0 aliphatic carbocycles. The van der Waals surface area contributed by atoms with E-state index in [4.69, 9.17) is 5.73 Å². The summed E-state index contributed by atoms with van der Waals surface area (Å²) < 4.78 is 24.8. The van der Waals surface area contributed by atoms with Crippen LogP contribution in [0, 0.1) is 5.92 Å². The van der Waals surface area contributed by atoms with Gasteiger partial charge in [0.2, 0.25) is 15.9 Å². The van der Waals surface area contributed by atoms with Crippen LogP contribution < -0.4 is 10.5 Å². The van der Waals surface area contributed by atoms with Gasteiger partial charge in [-0.15, -0.1) is 0 Å². The van der Waals surface area contributed by atoms with Crippen molar-refractivity contribution in [3.8, 4) is 0 Å². The molecular formula is C11H23N3O3S. The molecule has 0 spiro atoms. The summed E-state index contributed by atoms with van der Waals surface area (Å²) in [5, 5.41) is 0. The Morgan fingerprint density at radius 2 is 1.83 bits per heavy atom. The number of nitrogens with zero attached hydrogens (tertiary/aromatic N) is 1. The molecule has 18 heavy (non-hydrogen) atoms. The zero-order chi connectivity index (χ0) is 13.9. The van der Waals surface area contributed by atoms with Crippen molar-refractivity contribution < 1.29 is 13.2 Å². The lowest BCUT2D eigenvalue weighted by molar-refractivity contribution is -0.134. The minimum atomic E-state index is -3.17. The molecule has 0 unspecified atom stereocenters. The van der Waals surface area contributed by atoms with E-state index >= 15 is 0 Å². The predicted octanol–water partition coefficient (Wildman–Crippen LogP) is -0.490. The van der Waals surface area contributed by atoms with Crippen molar-refractivity contribution >= 4 is 15.9 Å². The van der Waals surface area contributed by atoms with Gasteiger partial charge in [0.15, 0.2) is 0 Å². The standard InChI is InChI=1S/C11H23N3O3S/c1-8(2)10(12)11(15)14-6-4-9(5-7-14)13-18(3,16)17/h8-10,13H,4-7,12H2,1-3H3/t10-/m0/s1. The molecule has 0 saturated carbocycles. The molecule has 1 atom stereocenters. The molecule has 1 heterocycles. The summed E-state index contributed by atoms with van der Waals surface area (Å²) in [6.45, 7) is 4.96. The summed E-state index contributed by atoms with van der Waals surface area (Å²) in [5.41, 5.74) is 5.82. The van der Waals surface area contributed by atoms with Crippen LogP contribution in [0.3, 0.4) is 0 Å². The number of piperidine rings is 1. The largest absolute Gasteiger partial charge is 0.341 e. The van der Waals surface area contributed by atoms with Gasteiger partial charge in [0.05, 0.1) is 12.3 Å². The first-order valence-electron chi connectivity index (χ1n) is 6.22. The Morgan fingerprint density at radius 3 is 2.22 bits per heavy atom. The minimum absolute atomic E-state index is 0.0391. The van der Waals surface area contributed by atoms with Crippen LogP contribution in [-0.2, 0) is 14.8 Å². The first-order chi connectivity index (χ1) is 8.20. The highest BCUT2D eigenvalue weighted by Gasteiger charge is 2.28. The molecule has 1 fully saturated rings. The Kier molecular flexibility index (Phi) is 5.12. The van der Waals surface area contributed by atoms with Crippen molar-refractivity contribution in [2.75, 3.05) is 19.3 Å². The van der Waals surface area contributed by atoms with E-state index in [0.29, 0.717) is 25.9 Å². The molecule has 0 bridgehead atoms. The summed E-state index contributed by atoms with van der Waals surface area (Å²) in [4.78, 5) is 13.7. The van der Waals surface area contributed by atoms with Crippen molar-refractivity contribution in [2.24, 2.45) is 11.7 Å². The van der Waals surface area contributed by atoms with Crippen LogP contribution in [-0.4, -0.2) is 50.7 Å². The topological polar surface area (TPSA) is 92.5 Å². The van der Waals surface area contributed by atoms with E-state index in [1.807, 2.05) is 13.8 Å². The van der Waals surface area contributed by atoms with E-state index < -0.39 is 16.1 Å². The van der Waals surface area contributed by atoms with Gasteiger partial charge in [-0.1, -0.05) is 13.8 Å². The molecular weight excluding hydrogens is 254 g/mol. The van der Waals surface area contributed by atoms with Crippen molar-refractivity contribution in [3.05, 3.63) is 0 Å². The maximum absolute atomic E-state index is 12.0. The van der Waals surface area contributed by atoms with Gasteiger partial charge in [-0.25, -0.2) is 13.1 Å². The Bertz CT molecular complexity index is 386. The van der Waals surface area contributed by atoms with Gasteiger partial charge in [0, 0.05) is 19.1 Å². The van der Waals surface area contributed by atoms with Crippen LogP contribution in [0.5, 0.6) is 0 Å². The highest BCUT2D eigenvalue weighted by atomic mass is 32.2. The summed E-state index contributed by atoms with van der Waals surface area (Å²) >= 11 is 0. The SMILES string of the molecule is CC(C)[C@H](N)C(=O)N1CCC(NS(C)(=O)=O)CC1. The molecule has 0 aromatic carbocycles. The molecule has 0 radical (unpaired) electrons. The second-order valence-corrected chi connectivity index (χ2v) is 7.04. The summed E-state index contributed by atoms with van der Waals surface area (Å²) in [6, 6.07) is -0.538. The monoisotopic (exact) mass is 277 g/mol. The fourth-order valence-electron chi connectivity index (χ4n) is 2.02. The Labute approximate surface area is 109 Å². The number of rotatable bonds is 4. The molecule has 0 aromatic heterocycles. The highest BCUT2D eigenvalue weighted by Crippen LogP contribution is 2.13. The molecule has 1 saturated heterocycles. The Balaban J connectivity index is 2.47. The average molecular weight is 277 g/mol. The molecule has 0 aromatic rings. The number of carbonyl (C=O) groups is 1. The fourth-order valence-corrected chi connectivity index (χ4v) is 2.86. The van der Waals surface area contributed by atoms with Crippen LogP contribution in [0.15, 0.2) is 0 Å². The normalized spacial score (nSPS) is 20.2. The van der Waals surface area contributed by atoms with Gasteiger partial charge in [-0.3, -0.25) is 4.79 Å². The summed E-state index contributed by atoms with van der Waals surface area (Å²) in [5.74, 6) is 0.0761. The molecule has 6 nitrogen and oxygen atoms in total. The van der Waals surface area contributed by atoms with Crippen molar-refractivity contribution in [3.63, 3.8) is 0 Å². The average Bonchev–Trinajstić information content (AvgIpc) is 2.26. The number of likely N-dealkylation sites (tertiary alicyclic amines) is 1. The summed E-state index contributed by atoms with van der Waals surface area (Å²) in [6.07, 6.45) is 2.44. The summed E-state index contributed by atoms with van der Waals surface area (Å²) in [7, 11) is -3.17. The number of hydrogen-bond acceptors (Lipinski definition) is 4. The Morgan fingerprint density at radius 1 is 1.33 bits per heavy atom. The molecule has 106 valence electrons. The molecule has 1 aliphatic rings. The first-order valence-corrected chi connectivity index (χ1v) is 8.11. The van der Waals surface area contributed by atoms with Crippen LogP contribution in [0.25, 0.3) is 0 Å². The molecule has 7 heteroatoms. The number of nitrogens with two attached hydrogens (primary N) is 1. The van der Waals surface area contributed by atoms with Crippen molar-refractivity contribution in [1.29, 1.82) is 0 Å². The van der Waals surface area contributed by atoms with E-state index in [-0.39, 0.29) is 17.9 Å². The van der Waals surface area contributed by atoms with Crippen LogP contribution >= 0.6 is 0 Å². The zero-order valence-electron chi connectivity index (χ0n) is 11.2. The maximum Gasteiger partial charge on any atom is 0.239 e. The molecule has 1 aliphatic heterocycles. The van der Waals surface area contributed by atoms with Gasteiger partial charge < -0.3 is 10.6 Å². The third kappa shape index (κ3) is 4.55. The van der Waals surface area contributed by atoms with Gasteiger partial charge in [-0.2, -0.15) is 0 Å². The molecule has 1 amide bonds. The molecule has 1 rings (SSSR count). The lowest BCUT2D eigenvalue weighted by atomic mass is 10.0. The number of amides is 1. The van der Waals surface area contributed by atoms with E-state index in [0.717, 1.165) is 6.26 Å². The van der Waals surface area contributed by atoms with E-state index in [1.165, 1.54) is 0 Å². The highest BCUT2D eigenvalue weighted by molar-refractivity contribution is 7.88. The van der Waals surface area contributed by atoms with E-state index in [2.05, 4.69) is 4.72 Å². The van der Waals surface area contributed by atoms with Gasteiger partial charge in [-0.05, 0) is 18.8 Å². The van der Waals surface area contributed by atoms with Crippen molar-refractivity contribution in [2.45, 2.75) is 38.8 Å². The third-order valence-electron chi connectivity index (χ3n) is 3.19. The second-order valence-electron chi connectivity index (χ2n) is 5.26. The van der Waals surface area contributed by atoms with Crippen LogP contribution in [0.2, 0.25) is 0 Å². The lowest BCUT2D eigenvalue weighted by Gasteiger charge is -2.34. The minimum Gasteiger partial charge on any atom is -0.341 e. The quantitative estimate of drug-likeness (QED) is 0.725. The van der Waals surface area contributed by atoms with E-state index in [9.17, 15) is 13.2 Å². The second kappa shape index (κ2) is 5.99. The van der Waals surface area contributed by atoms with Gasteiger partial charge in [0.25, 0.3) is 0 Å². The number of sulfonamides is 1. The zero-order valence-corrected chi connectivity index (χ0v) is 12.0. The third-order valence-corrected chi connectivity index (χ3v) is 3.95. The van der Waals surface area contributed by atoms with Crippen LogP contribution in [0.4, 0.5) is 0 Å². The lowest BCUT2D eigenvalue weighted by Crippen LogP contribution is -2.52.